The van der Waals surface area contributed by atoms with Gasteiger partial charge in [0, 0.05) is 11.6 Å². The lowest BCUT2D eigenvalue weighted by Crippen LogP contribution is -2.38. The molecule has 2 fully saturated rings. The van der Waals surface area contributed by atoms with Crippen LogP contribution in [0.15, 0.2) is 42.0 Å². The average Bonchev–Trinajstić information content (AvgIpc) is 3.18. The summed E-state index contributed by atoms with van der Waals surface area (Å²) >= 11 is 0. The number of carbonyl (C=O) groups excluding carboxylic acids is 1. The number of benzene rings is 1. The summed E-state index contributed by atoms with van der Waals surface area (Å²) < 4.78 is 28.9. The first kappa shape index (κ1) is 15.8. The number of carbonyl (C=O) groups is 1. The van der Waals surface area contributed by atoms with Crippen molar-refractivity contribution in [1.29, 1.82) is 0 Å². The van der Waals surface area contributed by atoms with Gasteiger partial charge < -0.3 is 23.7 Å². The second-order valence-electron chi connectivity index (χ2n) is 6.61. The average molecular weight is 332 g/mol. The topological polar surface area (TPSA) is 63.2 Å². The predicted octanol–water partition coefficient (Wildman–Crippen LogP) is 1.93. The zero-order chi connectivity index (χ0) is 16.7. The van der Waals surface area contributed by atoms with Gasteiger partial charge in [0.05, 0.1) is 6.61 Å². The minimum Gasteiger partial charge on any atom is -0.458 e. The Morgan fingerprint density at radius 2 is 2.00 bits per heavy atom. The second kappa shape index (κ2) is 5.97. The molecule has 0 aromatic heterocycles. The molecule has 4 atom stereocenters. The van der Waals surface area contributed by atoms with Gasteiger partial charge in [0.25, 0.3) is 0 Å². The third kappa shape index (κ3) is 2.98. The predicted molar refractivity (Wildman–Crippen MR) is 82.8 cm³/mol. The maximum Gasteiger partial charge on any atom is 0.331 e. The van der Waals surface area contributed by atoms with Crippen LogP contribution in [-0.2, 0) is 35.1 Å². The van der Waals surface area contributed by atoms with Crippen LogP contribution in [0.5, 0.6) is 0 Å². The number of esters is 1. The summed E-state index contributed by atoms with van der Waals surface area (Å²) in [6.45, 7) is 4.34. The molecule has 6 nitrogen and oxygen atoms in total. The molecule has 2 saturated heterocycles. The summed E-state index contributed by atoms with van der Waals surface area (Å²) in [5.74, 6) is -1.07. The first-order valence-corrected chi connectivity index (χ1v) is 8.06. The van der Waals surface area contributed by atoms with Crippen LogP contribution in [0.2, 0.25) is 0 Å². The van der Waals surface area contributed by atoms with Gasteiger partial charge >= 0.3 is 5.97 Å². The number of ether oxygens (including phenoxy) is 5. The first-order valence-electron chi connectivity index (χ1n) is 8.06. The Hall–Kier alpha value is -1.73. The van der Waals surface area contributed by atoms with E-state index in [0.717, 1.165) is 11.1 Å². The normalized spacial score (nSPS) is 34.1. The Bertz CT molecular complexity index is 653. The van der Waals surface area contributed by atoms with E-state index >= 15 is 0 Å². The summed E-state index contributed by atoms with van der Waals surface area (Å²) in [7, 11) is 0. The third-order valence-corrected chi connectivity index (χ3v) is 4.33. The minimum absolute atomic E-state index is 0.220. The first-order chi connectivity index (χ1) is 11.5. The summed E-state index contributed by atoms with van der Waals surface area (Å²) in [6.07, 6.45) is -0.160. The molecule has 24 heavy (non-hydrogen) atoms. The monoisotopic (exact) mass is 332 g/mol. The molecule has 0 radical (unpaired) electrons. The van der Waals surface area contributed by atoms with Crippen molar-refractivity contribution in [3.8, 4) is 0 Å². The molecule has 6 heteroatoms. The van der Waals surface area contributed by atoms with Crippen LogP contribution in [0.3, 0.4) is 0 Å². The quantitative estimate of drug-likeness (QED) is 0.785. The van der Waals surface area contributed by atoms with Gasteiger partial charge in [-0.1, -0.05) is 30.3 Å². The molecule has 3 heterocycles. The van der Waals surface area contributed by atoms with E-state index in [4.69, 9.17) is 23.7 Å². The molecule has 1 aromatic rings. The van der Waals surface area contributed by atoms with Crippen molar-refractivity contribution in [2.75, 3.05) is 6.61 Å². The molecule has 3 aliphatic rings. The molecule has 1 aromatic carbocycles. The SMILES string of the molecule is CC1(C)O[C@H]2O[C@H](C3=CC(=O)OC3)[C@H](OCc3ccccc3)[C@H]2O1. The van der Waals surface area contributed by atoms with Crippen LogP contribution in [0.1, 0.15) is 19.4 Å². The van der Waals surface area contributed by atoms with Crippen molar-refractivity contribution >= 4 is 5.97 Å². The molecular weight excluding hydrogens is 312 g/mol. The highest BCUT2D eigenvalue weighted by Crippen LogP contribution is 2.41. The van der Waals surface area contributed by atoms with E-state index in [1.807, 2.05) is 44.2 Å². The van der Waals surface area contributed by atoms with Crippen LogP contribution in [-0.4, -0.2) is 43.0 Å². The molecular formula is C18H20O6. The van der Waals surface area contributed by atoms with Crippen LogP contribution in [0.4, 0.5) is 0 Å². The van der Waals surface area contributed by atoms with Crippen molar-refractivity contribution in [3.05, 3.63) is 47.5 Å². The lowest BCUT2D eigenvalue weighted by Gasteiger charge is -2.26. The highest BCUT2D eigenvalue weighted by atomic mass is 16.8. The number of fused-ring (bicyclic) bond motifs is 1. The lowest BCUT2D eigenvalue weighted by molar-refractivity contribution is -0.214. The Morgan fingerprint density at radius 1 is 1.21 bits per heavy atom. The van der Waals surface area contributed by atoms with Gasteiger partial charge in [0.2, 0.25) is 0 Å². The smallest absolute Gasteiger partial charge is 0.331 e. The highest BCUT2D eigenvalue weighted by molar-refractivity contribution is 5.85. The Balaban J connectivity index is 1.53. The van der Waals surface area contributed by atoms with E-state index < -0.39 is 18.2 Å². The number of hydrogen-bond donors (Lipinski definition) is 0. The summed E-state index contributed by atoms with van der Waals surface area (Å²) in [5, 5.41) is 0. The Kier molecular flexibility index (Phi) is 3.92. The van der Waals surface area contributed by atoms with E-state index in [0.29, 0.717) is 6.61 Å². The van der Waals surface area contributed by atoms with Gasteiger partial charge in [-0.05, 0) is 19.4 Å². The zero-order valence-corrected chi connectivity index (χ0v) is 13.6. The summed E-state index contributed by atoms with van der Waals surface area (Å²) in [5.41, 5.74) is 1.82. The van der Waals surface area contributed by atoms with Crippen LogP contribution in [0.25, 0.3) is 0 Å². The van der Waals surface area contributed by atoms with Crippen molar-refractivity contribution in [2.45, 2.75) is 50.8 Å². The van der Waals surface area contributed by atoms with Crippen LogP contribution >= 0.6 is 0 Å². The number of hydrogen-bond acceptors (Lipinski definition) is 6. The molecule has 0 aliphatic carbocycles. The van der Waals surface area contributed by atoms with E-state index in [9.17, 15) is 4.79 Å². The van der Waals surface area contributed by atoms with Gasteiger partial charge in [0.1, 0.15) is 24.9 Å². The molecule has 0 unspecified atom stereocenters. The van der Waals surface area contributed by atoms with Crippen LogP contribution < -0.4 is 0 Å². The third-order valence-electron chi connectivity index (χ3n) is 4.33. The standard InChI is InChI=1S/C18H20O6/c1-18(2)23-16-15(21-9-11-6-4-3-5-7-11)14(22-17(16)24-18)12-8-13(19)20-10-12/h3-8,14-17H,9-10H2,1-2H3/t14-,15+,16-,17-/m1/s1. The number of cyclic esters (lactones) is 1. The fourth-order valence-corrected chi connectivity index (χ4v) is 3.28. The van der Waals surface area contributed by atoms with E-state index in [-0.39, 0.29) is 24.8 Å². The summed E-state index contributed by atoms with van der Waals surface area (Å²) in [6, 6.07) is 9.89. The highest BCUT2D eigenvalue weighted by Gasteiger charge is 2.56. The van der Waals surface area contributed by atoms with Crippen molar-refractivity contribution < 1.29 is 28.5 Å². The molecule has 0 amide bonds. The molecule has 0 bridgehead atoms. The van der Waals surface area contributed by atoms with Crippen LogP contribution in [0, 0.1) is 0 Å². The maximum absolute atomic E-state index is 11.4. The molecule has 0 saturated carbocycles. The van der Waals surface area contributed by atoms with Gasteiger partial charge in [-0.3, -0.25) is 0 Å². The lowest BCUT2D eigenvalue weighted by atomic mass is 10.0. The van der Waals surface area contributed by atoms with E-state index in [1.54, 1.807) is 0 Å². The fraction of sp³-hybridized carbons (Fsp3) is 0.500. The Morgan fingerprint density at radius 3 is 2.71 bits per heavy atom. The summed E-state index contributed by atoms with van der Waals surface area (Å²) in [4.78, 5) is 11.4. The molecule has 0 N–H and O–H groups in total. The molecule has 4 rings (SSSR count). The largest absolute Gasteiger partial charge is 0.458 e. The van der Waals surface area contributed by atoms with Crippen molar-refractivity contribution in [3.63, 3.8) is 0 Å². The van der Waals surface area contributed by atoms with Gasteiger partial charge in [0.15, 0.2) is 12.1 Å². The Labute approximate surface area is 140 Å². The maximum atomic E-state index is 11.4. The molecule has 0 spiro atoms. The zero-order valence-electron chi connectivity index (χ0n) is 13.6. The number of rotatable bonds is 4. The molecule has 3 aliphatic heterocycles. The van der Waals surface area contributed by atoms with Gasteiger partial charge in [-0.25, -0.2) is 4.79 Å². The van der Waals surface area contributed by atoms with E-state index in [2.05, 4.69) is 0 Å². The van der Waals surface area contributed by atoms with Crippen molar-refractivity contribution in [1.82, 2.24) is 0 Å². The molecule has 128 valence electrons. The van der Waals surface area contributed by atoms with E-state index in [1.165, 1.54) is 6.08 Å². The van der Waals surface area contributed by atoms with Gasteiger partial charge in [-0.15, -0.1) is 0 Å². The fourth-order valence-electron chi connectivity index (χ4n) is 3.28. The minimum atomic E-state index is -0.717. The van der Waals surface area contributed by atoms with Crippen molar-refractivity contribution in [2.24, 2.45) is 0 Å². The van der Waals surface area contributed by atoms with Gasteiger partial charge in [-0.2, -0.15) is 0 Å². The second-order valence-corrected chi connectivity index (χ2v) is 6.61.